The van der Waals surface area contributed by atoms with Crippen LogP contribution in [0, 0.1) is 13.8 Å². The standard InChI is InChI=1S/C15H19N3O2S/c1-5-18-7-6-12(8-13(18)19)15(20)16-9(2)14-10(3)21-11(4)17-14/h6-9H,5H2,1-4H3,(H,16,20). The van der Waals surface area contributed by atoms with Crippen LogP contribution in [0.2, 0.25) is 0 Å². The van der Waals surface area contributed by atoms with Gasteiger partial charge < -0.3 is 9.88 Å². The van der Waals surface area contributed by atoms with Gasteiger partial charge in [0.2, 0.25) is 0 Å². The van der Waals surface area contributed by atoms with E-state index >= 15 is 0 Å². The summed E-state index contributed by atoms with van der Waals surface area (Å²) in [4.78, 5) is 29.5. The van der Waals surface area contributed by atoms with Crippen molar-refractivity contribution in [3.63, 3.8) is 0 Å². The minimum Gasteiger partial charge on any atom is -0.344 e. The van der Waals surface area contributed by atoms with Gasteiger partial charge in [0.15, 0.2) is 0 Å². The molecule has 0 aromatic carbocycles. The lowest BCUT2D eigenvalue weighted by Crippen LogP contribution is -2.29. The van der Waals surface area contributed by atoms with Gasteiger partial charge in [0.1, 0.15) is 0 Å². The molecule has 1 unspecified atom stereocenters. The number of carbonyl (C=O) groups excluding carboxylic acids is 1. The van der Waals surface area contributed by atoms with Crippen LogP contribution in [0.1, 0.15) is 45.8 Å². The Balaban J connectivity index is 2.16. The zero-order chi connectivity index (χ0) is 15.6. The Morgan fingerprint density at radius 1 is 1.48 bits per heavy atom. The van der Waals surface area contributed by atoms with Crippen molar-refractivity contribution < 1.29 is 4.79 Å². The first kappa shape index (κ1) is 15.4. The molecule has 2 aromatic heterocycles. The Kier molecular flexibility index (Phi) is 4.57. The summed E-state index contributed by atoms with van der Waals surface area (Å²) in [5.74, 6) is -0.257. The Labute approximate surface area is 127 Å². The number of hydrogen-bond donors (Lipinski definition) is 1. The maximum atomic E-state index is 12.2. The number of nitrogens with zero attached hydrogens (tertiary/aromatic N) is 2. The number of nitrogens with one attached hydrogen (secondary N) is 1. The molecule has 0 aliphatic rings. The van der Waals surface area contributed by atoms with E-state index in [9.17, 15) is 9.59 Å². The van der Waals surface area contributed by atoms with E-state index in [4.69, 9.17) is 0 Å². The van der Waals surface area contributed by atoms with E-state index in [2.05, 4.69) is 10.3 Å². The summed E-state index contributed by atoms with van der Waals surface area (Å²) in [5, 5.41) is 3.87. The zero-order valence-electron chi connectivity index (χ0n) is 12.6. The van der Waals surface area contributed by atoms with E-state index in [1.807, 2.05) is 27.7 Å². The van der Waals surface area contributed by atoms with E-state index in [1.165, 1.54) is 6.07 Å². The lowest BCUT2D eigenvalue weighted by molar-refractivity contribution is 0.0939. The van der Waals surface area contributed by atoms with Crippen LogP contribution < -0.4 is 10.9 Å². The monoisotopic (exact) mass is 305 g/mol. The van der Waals surface area contributed by atoms with Crippen LogP contribution in [-0.2, 0) is 6.54 Å². The van der Waals surface area contributed by atoms with Crippen LogP contribution in [0.5, 0.6) is 0 Å². The molecule has 6 heteroatoms. The quantitative estimate of drug-likeness (QED) is 0.943. The molecule has 0 spiro atoms. The number of rotatable bonds is 4. The number of pyridine rings is 1. The second-order valence-corrected chi connectivity index (χ2v) is 6.32. The zero-order valence-corrected chi connectivity index (χ0v) is 13.5. The highest BCUT2D eigenvalue weighted by Gasteiger charge is 2.16. The van der Waals surface area contributed by atoms with Crippen molar-refractivity contribution in [1.29, 1.82) is 0 Å². The predicted molar refractivity (Wildman–Crippen MR) is 83.8 cm³/mol. The van der Waals surface area contributed by atoms with Crippen LogP contribution >= 0.6 is 11.3 Å². The van der Waals surface area contributed by atoms with Gasteiger partial charge in [-0.25, -0.2) is 4.98 Å². The molecule has 0 radical (unpaired) electrons. The van der Waals surface area contributed by atoms with Gasteiger partial charge in [-0.2, -0.15) is 0 Å². The molecule has 21 heavy (non-hydrogen) atoms. The average molecular weight is 305 g/mol. The molecule has 2 heterocycles. The van der Waals surface area contributed by atoms with Crippen LogP contribution in [0.3, 0.4) is 0 Å². The van der Waals surface area contributed by atoms with Gasteiger partial charge in [0.05, 0.1) is 16.7 Å². The Hall–Kier alpha value is -1.95. The highest BCUT2D eigenvalue weighted by molar-refractivity contribution is 7.11. The summed E-state index contributed by atoms with van der Waals surface area (Å²) < 4.78 is 1.55. The van der Waals surface area contributed by atoms with Crippen molar-refractivity contribution in [3.05, 3.63) is 49.8 Å². The van der Waals surface area contributed by atoms with Crippen molar-refractivity contribution in [1.82, 2.24) is 14.9 Å². The van der Waals surface area contributed by atoms with E-state index in [1.54, 1.807) is 28.2 Å². The third kappa shape index (κ3) is 3.39. The summed E-state index contributed by atoms with van der Waals surface area (Å²) >= 11 is 1.61. The summed E-state index contributed by atoms with van der Waals surface area (Å²) in [7, 11) is 0. The highest BCUT2D eigenvalue weighted by atomic mass is 32.1. The molecule has 0 fully saturated rings. The first-order valence-corrected chi connectivity index (χ1v) is 7.69. The van der Waals surface area contributed by atoms with Crippen molar-refractivity contribution >= 4 is 17.2 Å². The number of carbonyl (C=O) groups is 1. The van der Waals surface area contributed by atoms with Gasteiger partial charge in [0.25, 0.3) is 11.5 Å². The molecule has 0 saturated heterocycles. The van der Waals surface area contributed by atoms with E-state index < -0.39 is 0 Å². The normalized spacial score (nSPS) is 12.2. The summed E-state index contributed by atoms with van der Waals surface area (Å²) in [6, 6.07) is 2.84. The second-order valence-electron chi connectivity index (χ2n) is 4.91. The van der Waals surface area contributed by atoms with E-state index in [-0.39, 0.29) is 17.5 Å². The molecular formula is C15H19N3O2S. The Bertz CT molecular complexity index is 718. The maximum Gasteiger partial charge on any atom is 0.252 e. The molecule has 1 N–H and O–H groups in total. The van der Waals surface area contributed by atoms with Crippen molar-refractivity contribution in [2.45, 2.75) is 40.3 Å². The van der Waals surface area contributed by atoms with Gasteiger partial charge in [-0.05, 0) is 33.8 Å². The van der Waals surface area contributed by atoms with Gasteiger partial charge >= 0.3 is 0 Å². The molecular weight excluding hydrogens is 286 g/mol. The molecule has 0 saturated carbocycles. The number of aromatic nitrogens is 2. The molecule has 1 atom stereocenters. The van der Waals surface area contributed by atoms with E-state index in [0.717, 1.165) is 15.6 Å². The average Bonchev–Trinajstić information content (AvgIpc) is 2.77. The summed E-state index contributed by atoms with van der Waals surface area (Å²) in [6.07, 6.45) is 1.64. The van der Waals surface area contributed by atoms with E-state index in [0.29, 0.717) is 12.1 Å². The topological polar surface area (TPSA) is 64.0 Å². The molecule has 0 aliphatic heterocycles. The molecule has 0 aliphatic carbocycles. The largest absolute Gasteiger partial charge is 0.344 e. The smallest absolute Gasteiger partial charge is 0.252 e. The van der Waals surface area contributed by atoms with Gasteiger partial charge in [-0.3, -0.25) is 9.59 Å². The Morgan fingerprint density at radius 2 is 2.19 bits per heavy atom. The first-order chi connectivity index (χ1) is 9.92. The molecule has 1 amide bonds. The third-order valence-electron chi connectivity index (χ3n) is 3.30. The fraction of sp³-hybridized carbons (Fsp3) is 0.400. The van der Waals surface area contributed by atoms with Crippen molar-refractivity contribution in [2.24, 2.45) is 0 Å². The number of aryl methyl sites for hydroxylation is 3. The SMILES string of the molecule is CCn1ccc(C(=O)NC(C)c2nc(C)sc2C)cc1=O. The molecule has 2 rings (SSSR count). The fourth-order valence-electron chi connectivity index (χ4n) is 2.21. The third-order valence-corrected chi connectivity index (χ3v) is 4.20. The predicted octanol–water partition coefficient (Wildman–Crippen LogP) is 2.43. The second kappa shape index (κ2) is 6.22. The number of thiazole rings is 1. The lowest BCUT2D eigenvalue weighted by Gasteiger charge is -2.13. The van der Waals surface area contributed by atoms with Gasteiger partial charge in [-0.15, -0.1) is 11.3 Å². The summed E-state index contributed by atoms with van der Waals surface area (Å²) in [6.45, 7) is 8.31. The van der Waals surface area contributed by atoms with Crippen molar-refractivity contribution in [3.8, 4) is 0 Å². The molecule has 5 nitrogen and oxygen atoms in total. The minimum absolute atomic E-state index is 0.168. The number of amides is 1. The van der Waals surface area contributed by atoms with Gasteiger partial charge in [0, 0.05) is 29.2 Å². The molecule has 112 valence electrons. The molecule has 2 aromatic rings. The van der Waals surface area contributed by atoms with Crippen LogP contribution in [0.4, 0.5) is 0 Å². The van der Waals surface area contributed by atoms with Crippen LogP contribution in [-0.4, -0.2) is 15.5 Å². The first-order valence-electron chi connectivity index (χ1n) is 6.87. The Morgan fingerprint density at radius 3 is 2.71 bits per heavy atom. The number of hydrogen-bond acceptors (Lipinski definition) is 4. The summed E-state index contributed by atoms with van der Waals surface area (Å²) in [5.41, 5.74) is 1.09. The lowest BCUT2D eigenvalue weighted by atomic mass is 10.2. The van der Waals surface area contributed by atoms with Crippen LogP contribution in [0.25, 0.3) is 0 Å². The van der Waals surface area contributed by atoms with Crippen molar-refractivity contribution in [2.75, 3.05) is 0 Å². The maximum absolute atomic E-state index is 12.2. The van der Waals surface area contributed by atoms with Gasteiger partial charge in [-0.1, -0.05) is 0 Å². The highest BCUT2D eigenvalue weighted by Crippen LogP contribution is 2.22. The molecule has 0 bridgehead atoms. The minimum atomic E-state index is -0.257. The fourth-order valence-corrected chi connectivity index (χ4v) is 3.12. The van der Waals surface area contributed by atoms with Crippen LogP contribution in [0.15, 0.2) is 23.1 Å².